The highest BCUT2D eigenvalue weighted by Gasteiger charge is 2.28. The fourth-order valence-corrected chi connectivity index (χ4v) is 5.06. The molecular formula is C24H25ClN4O2. The minimum atomic E-state index is 0.0513. The fourth-order valence-electron chi connectivity index (χ4n) is 4.77. The van der Waals surface area contributed by atoms with Gasteiger partial charge in [-0.05, 0) is 48.2 Å². The molecule has 1 unspecified atom stereocenters. The van der Waals surface area contributed by atoms with Crippen LogP contribution in [0.25, 0.3) is 22.0 Å². The molecule has 3 aromatic rings. The summed E-state index contributed by atoms with van der Waals surface area (Å²) in [5.41, 5.74) is 11.2. The van der Waals surface area contributed by atoms with Gasteiger partial charge in [-0.25, -0.2) is 4.98 Å². The number of nitrogens with two attached hydrogens (primary N) is 1. The van der Waals surface area contributed by atoms with Crippen LogP contribution in [0.5, 0.6) is 0 Å². The minimum Gasteiger partial charge on any atom is -0.382 e. The Balaban J connectivity index is 1.61. The van der Waals surface area contributed by atoms with E-state index in [1.807, 2.05) is 29.2 Å². The van der Waals surface area contributed by atoms with Crippen molar-refractivity contribution >= 4 is 40.4 Å². The maximum absolute atomic E-state index is 11.6. The van der Waals surface area contributed by atoms with Gasteiger partial charge in [-0.15, -0.1) is 0 Å². The molecule has 7 heteroatoms. The van der Waals surface area contributed by atoms with Crippen molar-refractivity contribution in [3.63, 3.8) is 0 Å². The van der Waals surface area contributed by atoms with Gasteiger partial charge in [0.1, 0.15) is 5.82 Å². The summed E-state index contributed by atoms with van der Waals surface area (Å²) in [7, 11) is 0. The Morgan fingerprint density at radius 1 is 1.13 bits per heavy atom. The first-order valence-electron chi connectivity index (χ1n) is 10.7. The van der Waals surface area contributed by atoms with Gasteiger partial charge in [-0.3, -0.25) is 4.79 Å². The van der Waals surface area contributed by atoms with Crippen LogP contribution in [0.2, 0.25) is 5.02 Å². The second kappa shape index (κ2) is 8.36. The highest BCUT2D eigenvalue weighted by molar-refractivity contribution is 6.33. The lowest BCUT2D eigenvalue weighted by atomic mass is 9.92. The van der Waals surface area contributed by atoms with Crippen LogP contribution >= 0.6 is 11.6 Å². The predicted molar refractivity (Wildman–Crippen MR) is 124 cm³/mol. The first-order chi connectivity index (χ1) is 15.2. The smallest absolute Gasteiger partial charge is 0.210 e. The topological polar surface area (TPSA) is 71.7 Å². The van der Waals surface area contributed by atoms with Crippen molar-refractivity contribution < 1.29 is 9.53 Å². The summed E-state index contributed by atoms with van der Waals surface area (Å²) in [4.78, 5) is 20.3. The number of pyridine rings is 1. The maximum atomic E-state index is 11.6. The number of nitrogen functional groups attached to an aromatic ring is 1. The molecule has 1 atom stereocenters. The van der Waals surface area contributed by atoms with Crippen molar-refractivity contribution in [1.29, 1.82) is 0 Å². The molecule has 31 heavy (non-hydrogen) atoms. The van der Waals surface area contributed by atoms with Crippen molar-refractivity contribution in [3.05, 3.63) is 53.1 Å². The number of hydrogen-bond donors (Lipinski definition) is 1. The third-order valence-corrected chi connectivity index (χ3v) is 6.61. The summed E-state index contributed by atoms with van der Waals surface area (Å²) < 4.78 is 5.47. The summed E-state index contributed by atoms with van der Waals surface area (Å²) in [6.07, 6.45) is 2.89. The Kier molecular flexibility index (Phi) is 5.42. The zero-order valence-corrected chi connectivity index (χ0v) is 18.0. The van der Waals surface area contributed by atoms with Crippen LogP contribution in [0, 0.1) is 0 Å². The molecule has 2 fully saturated rings. The quantitative estimate of drug-likeness (QED) is 0.618. The number of hydrogen-bond acceptors (Lipinski definition) is 5. The van der Waals surface area contributed by atoms with Crippen LogP contribution in [0.1, 0.15) is 24.4 Å². The molecular weight excluding hydrogens is 412 g/mol. The number of carbonyl (C=O) groups excluding carboxylic acids is 1. The number of fused-ring (bicyclic) bond motifs is 1. The maximum Gasteiger partial charge on any atom is 0.210 e. The molecule has 2 aliphatic rings. The van der Waals surface area contributed by atoms with E-state index in [2.05, 4.69) is 28.1 Å². The van der Waals surface area contributed by atoms with E-state index in [0.29, 0.717) is 24.1 Å². The average molecular weight is 437 g/mol. The Morgan fingerprint density at radius 3 is 2.77 bits per heavy atom. The number of nitrogens with zero attached hydrogens (tertiary/aromatic N) is 3. The lowest BCUT2D eigenvalue weighted by Crippen LogP contribution is -2.36. The molecule has 3 heterocycles. The Bertz CT molecular complexity index is 1130. The number of aromatic nitrogens is 1. The van der Waals surface area contributed by atoms with E-state index < -0.39 is 0 Å². The lowest BCUT2D eigenvalue weighted by molar-refractivity contribution is -0.118. The molecule has 160 valence electrons. The van der Waals surface area contributed by atoms with Gasteiger partial charge in [0.25, 0.3) is 0 Å². The number of ether oxygens (including phenoxy) is 1. The Hall–Kier alpha value is -2.83. The second-order valence-corrected chi connectivity index (χ2v) is 8.51. The highest BCUT2D eigenvalue weighted by atomic mass is 35.5. The van der Waals surface area contributed by atoms with Crippen LogP contribution in [0.3, 0.4) is 0 Å². The van der Waals surface area contributed by atoms with Crippen molar-refractivity contribution in [1.82, 2.24) is 9.88 Å². The van der Waals surface area contributed by atoms with E-state index in [-0.39, 0.29) is 6.04 Å². The summed E-state index contributed by atoms with van der Waals surface area (Å²) in [5, 5.41) is 1.70. The Labute approximate surface area is 186 Å². The zero-order chi connectivity index (χ0) is 21.4. The number of amides is 1. The summed E-state index contributed by atoms with van der Waals surface area (Å²) in [6, 6.07) is 14.3. The summed E-state index contributed by atoms with van der Waals surface area (Å²) >= 11 is 6.70. The normalized spacial score (nSPS) is 19.2. The van der Waals surface area contributed by atoms with Crippen LogP contribution in [0.15, 0.2) is 42.5 Å². The van der Waals surface area contributed by atoms with Crippen LogP contribution in [-0.4, -0.2) is 49.1 Å². The molecule has 2 aromatic carbocycles. The fraction of sp³-hybridized carbons (Fsp3) is 0.333. The van der Waals surface area contributed by atoms with Crippen molar-refractivity contribution in [2.45, 2.75) is 18.9 Å². The SMILES string of the molecule is Nc1nc2ccc(-c3c(Cl)cccc3C3CCCN3C=O)cc2cc1N1CCOCC1. The number of likely N-dealkylation sites (tertiary alicyclic amines) is 1. The van der Waals surface area contributed by atoms with Crippen molar-refractivity contribution in [3.8, 4) is 11.1 Å². The molecule has 2 N–H and O–H groups in total. The highest BCUT2D eigenvalue weighted by Crippen LogP contribution is 2.41. The minimum absolute atomic E-state index is 0.0513. The van der Waals surface area contributed by atoms with E-state index in [9.17, 15) is 4.79 Å². The van der Waals surface area contributed by atoms with E-state index in [4.69, 9.17) is 22.1 Å². The van der Waals surface area contributed by atoms with Crippen molar-refractivity contribution in [2.75, 3.05) is 43.5 Å². The molecule has 1 aromatic heterocycles. The van der Waals surface area contributed by atoms with Crippen LogP contribution < -0.4 is 10.6 Å². The molecule has 0 radical (unpaired) electrons. The molecule has 2 aliphatic heterocycles. The molecule has 1 amide bonds. The lowest BCUT2D eigenvalue weighted by Gasteiger charge is -2.29. The van der Waals surface area contributed by atoms with E-state index in [0.717, 1.165) is 72.2 Å². The number of rotatable bonds is 4. The number of morpholine rings is 1. The molecule has 0 spiro atoms. The van der Waals surface area contributed by atoms with E-state index in [1.54, 1.807) is 0 Å². The number of anilines is 2. The third kappa shape index (κ3) is 3.70. The third-order valence-electron chi connectivity index (χ3n) is 6.30. The predicted octanol–water partition coefficient (Wildman–Crippen LogP) is 4.27. The second-order valence-electron chi connectivity index (χ2n) is 8.10. The molecule has 0 aliphatic carbocycles. The average Bonchev–Trinajstić information content (AvgIpc) is 3.27. The largest absolute Gasteiger partial charge is 0.382 e. The van der Waals surface area contributed by atoms with Gasteiger partial charge in [0, 0.05) is 35.6 Å². The van der Waals surface area contributed by atoms with Gasteiger partial charge in [-0.2, -0.15) is 0 Å². The van der Waals surface area contributed by atoms with Gasteiger partial charge in [-0.1, -0.05) is 29.8 Å². The van der Waals surface area contributed by atoms with Gasteiger partial charge in [0.05, 0.1) is 30.5 Å². The number of carbonyl (C=O) groups is 1. The molecule has 5 rings (SSSR count). The molecule has 2 saturated heterocycles. The standard InChI is InChI=1S/C24H25ClN4O2/c25-19-4-1-3-18(21-5-2-8-29(21)15-30)23(19)16-6-7-20-17(13-16)14-22(24(26)27-20)28-9-11-31-12-10-28/h1,3-4,6-7,13-15,21H,2,5,8-12H2,(H2,26,27). The number of benzene rings is 2. The monoisotopic (exact) mass is 436 g/mol. The number of halogens is 1. The van der Waals surface area contributed by atoms with Crippen LogP contribution in [0.4, 0.5) is 11.5 Å². The molecule has 6 nitrogen and oxygen atoms in total. The van der Waals surface area contributed by atoms with Gasteiger partial charge < -0.3 is 20.3 Å². The first-order valence-corrected chi connectivity index (χ1v) is 11.1. The zero-order valence-electron chi connectivity index (χ0n) is 17.3. The van der Waals surface area contributed by atoms with Crippen LogP contribution in [-0.2, 0) is 9.53 Å². The van der Waals surface area contributed by atoms with Gasteiger partial charge in [0.15, 0.2) is 0 Å². The van der Waals surface area contributed by atoms with Gasteiger partial charge >= 0.3 is 0 Å². The summed E-state index contributed by atoms with van der Waals surface area (Å²) in [5.74, 6) is 0.535. The summed E-state index contributed by atoms with van der Waals surface area (Å²) in [6.45, 7) is 3.76. The van der Waals surface area contributed by atoms with E-state index >= 15 is 0 Å². The van der Waals surface area contributed by atoms with Crippen molar-refractivity contribution in [2.24, 2.45) is 0 Å². The molecule has 0 saturated carbocycles. The van der Waals surface area contributed by atoms with E-state index in [1.165, 1.54) is 0 Å². The van der Waals surface area contributed by atoms with Gasteiger partial charge in [0.2, 0.25) is 6.41 Å². The molecule has 0 bridgehead atoms. The Morgan fingerprint density at radius 2 is 1.97 bits per heavy atom. The first kappa shape index (κ1) is 20.1.